The van der Waals surface area contributed by atoms with Gasteiger partial charge in [-0.1, -0.05) is 32.9 Å². The number of amides is 3. The van der Waals surface area contributed by atoms with Gasteiger partial charge >= 0.3 is 12.1 Å². The number of ether oxygens (including phenoxy) is 1. The number of aromatic nitrogens is 1. The van der Waals surface area contributed by atoms with Crippen LogP contribution >= 0.6 is 0 Å². The van der Waals surface area contributed by atoms with Crippen molar-refractivity contribution in [3.8, 4) is 11.3 Å². The van der Waals surface area contributed by atoms with Crippen molar-refractivity contribution in [2.75, 3.05) is 30.3 Å². The molecule has 0 aliphatic carbocycles. The minimum absolute atomic E-state index is 0.120. The number of anilines is 2. The number of hydrogen-bond donors (Lipinski definition) is 3. The molecule has 0 radical (unpaired) electrons. The molecule has 0 bridgehead atoms. The summed E-state index contributed by atoms with van der Waals surface area (Å²) in [7, 11) is 0. The number of carbonyl (C=O) groups is 2. The Kier molecular flexibility index (Phi) is 10.5. The van der Waals surface area contributed by atoms with Crippen molar-refractivity contribution in [2.24, 2.45) is 0 Å². The molecule has 9 nitrogen and oxygen atoms in total. The number of oxazole rings is 1. The van der Waals surface area contributed by atoms with Crippen molar-refractivity contribution in [2.45, 2.75) is 53.2 Å². The molecule has 0 spiro atoms. The molecule has 198 valence electrons. The molecule has 1 aromatic heterocycles. The molecule has 1 atom stereocenters. The Balaban J connectivity index is 1.48. The van der Waals surface area contributed by atoms with Gasteiger partial charge in [-0.2, -0.15) is 0 Å². The van der Waals surface area contributed by atoms with Crippen molar-refractivity contribution in [3.05, 3.63) is 66.2 Å². The lowest BCUT2D eigenvalue weighted by atomic mass is 10.1. The van der Waals surface area contributed by atoms with Crippen molar-refractivity contribution >= 4 is 23.5 Å². The number of alkyl carbamates (subject to hydrolysis) is 1. The van der Waals surface area contributed by atoms with Gasteiger partial charge in [-0.05, 0) is 74.3 Å². The van der Waals surface area contributed by atoms with Gasteiger partial charge in [0.05, 0.1) is 6.20 Å². The van der Waals surface area contributed by atoms with Crippen LogP contribution in [0, 0.1) is 6.92 Å². The highest BCUT2D eigenvalue weighted by Crippen LogP contribution is 2.25. The lowest BCUT2D eigenvalue weighted by Gasteiger charge is -2.22. The summed E-state index contributed by atoms with van der Waals surface area (Å²) >= 11 is 0. The van der Waals surface area contributed by atoms with Crippen molar-refractivity contribution in [3.63, 3.8) is 0 Å². The Hall–Kier alpha value is -3.85. The molecule has 1 unspecified atom stereocenters. The van der Waals surface area contributed by atoms with E-state index in [0.717, 1.165) is 49.2 Å². The highest BCUT2D eigenvalue weighted by Gasteiger charge is 2.14. The molecule has 3 amide bonds. The molecule has 1 heterocycles. The van der Waals surface area contributed by atoms with E-state index in [9.17, 15) is 9.59 Å². The van der Waals surface area contributed by atoms with E-state index in [2.05, 4.69) is 39.7 Å². The number of rotatable bonds is 12. The fraction of sp³-hybridized carbons (Fsp3) is 0.393. The summed E-state index contributed by atoms with van der Waals surface area (Å²) in [6.07, 6.45) is 4.06. The third-order valence-electron chi connectivity index (χ3n) is 6.19. The second-order valence-electron chi connectivity index (χ2n) is 8.78. The van der Waals surface area contributed by atoms with Gasteiger partial charge in [0.2, 0.25) is 0 Å². The van der Waals surface area contributed by atoms with E-state index in [1.165, 1.54) is 6.39 Å². The third kappa shape index (κ3) is 8.64. The quantitative estimate of drug-likeness (QED) is 0.276. The van der Waals surface area contributed by atoms with Gasteiger partial charge < -0.3 is 30.0 Å². The standard InChI is InChI=1S/C28H37N5O4/c1-5-24(13-14-33(6-2)7-3)37-28(35)30-17-21-9-8-10-22(16-21)31-27(34)32-23-11-12-25(20(4)15-23)26-18-29-19-36-26/h8-12,15-16,18-19,24H,5-7,13-14,17H2,1-4H3,(H,30,35)(H2,31,32,34). The van der Waals surface area contributed by atoms with Crippen molar-refractivity contribution < 1.29 is 18.7 Å². The summed E-state index contributed by atoms with van der Waals surface area (Å²) in [6.45, 7) is 11.4. The first kappa shape index (κ1) is 27.7. The molecule has 0 aliphatic heterocycles. The largest absolute Gasteiger partial charge is 0.446 e. The highest BCUT2D eigenvalue weighted by atomic mass is 16.6. The molecular weight excluding hydrogens is 470 g/mol. The minimum Gasteiger partial charge on any atom is -0.446 e. The number of urea groups is 1. The van der Waals surface area contributed by atoms with Gasteiger partial charge in [-0.15, -0.1) is 0 Å². The van der Waals surface area contributed by atoms with Gasteiger partial charge in [0.1, 0.15) is 6.10 Å². The Labute approximate surface area is 218 Å². The number of carbonyl (C=O) groups excluding carboxylic acids is 2. The zero-order chi connectivity index (χ0) is 26.6. The number of hydrogen-bond acceptors (Lipinski definition) is 6. The Morgan fingerprint density at radius 3 is 2.46 bits per heavy atom. The smallest absolute Gasteiger partial charge is 0.407 e. The summed E-state index contributed by atoms with van der Waals surface area (Å²) in [5.41, 5.74) is 3.98. The van der Waals surface area contributed by atoms with E-state index in [0.29, 0.717) is 23.7 Å². The van der Waals surface area contributed by atoms with Crippen LogP contribution in [-0.4, -0.2) is 47.7 Å². The van der Waals surface area contributed by atoms with Crippen LogP contribution in [0.1, 0.15) is 44.7 Å². The van der Waals surface area contributed by atoms with Gasteiger partial charge in [0.15, 0.2) is 12.2 Å². The lowest BCUT2D eigenvalue weighted by molar-refractivity contribution is 0.0825. The Morgan fingerprint density at radius 2 is 1.81 bits per heavy atom. The monoisotopic (exact) mass is 507 g/mol. The van der Waals surface area contributed by atoms with Gasteiger partial charge in [0.25, 0.3) is 0 Å². The second kappa shape index (κ2) is 14.0. The number of benzene rings is 2. The first-order valence-corrected chi connectivity index (χ1v) is 12.7. The molecule has 0 aliphatic rings. The zero-order valence-electron chi connectivity index (χ0n) is 22.0. The van der Waals surface area contributed by atoms with E-state index in [-0.39, 0.29) is 12.1 Å². The molecule has 9 heteroatoms. The maximum absolute atomic E-state index is 12.5. The summed E-state index contributed by atoms with van der Waals surface area (Å²) in [4.78, 5) is 31.1. The molecule has 3 N–H and O–H groups in total. The van der Waals surface area contributed by atoms with E-state index < -0.39 is 6.09 Å². The average molecular weight is 508 g/mol. The molecule has 0 saturated carbocycles. The number of aryl methyl sites for hydroxylation is 1. The van der Waals surface area contributed by atoms with E-state index in [1.807, 2.05) is 50.2 Å². The lowest BCUT2D eigenvalue weighted by Crippen LogP contribution is -2.32. The van der Waals surface area contributed by atoms with Crippen LogP contribution in [0.2, 0.25) is 0 Å². The minimum atomic E-state index is -0.438. The molecular formula is C28H37N5O4. The van der Waals surface area contributed by atoms with Crippen molar-refractivity contribution in [1.29, 1.82) is 0 Å². The van der Waals surface area contributed by atoms with Crippen LogP contribution < -0.4 is 16.0 Å². The normalized spacial score (nSPS) is 11.7. The second-order valence-corrected chi connectivity index (χ2v) is 8.78. The third-order valence-corrected chi connectivity index (χ3v) is 6.19. The molecule has 0 saturated heterocycles. The SMILES string of the molecule is CCC(CCN(CC)CC)OC(=O)NCc1cccc(NC(=O)Nc2ccc(-c3cnco3)c(C)c2)c1. The Bertz CT molecular complexity index is 1150. The van der Waals surface area contributed by atoms with E-state index >= 15 is 0 Å². The topological polar surface area (TPSA) is 109 Å². The molecule has 37 heavy (non-hydrogen) atoms. The molecule has 2 aromatic carbocycles. The van der Waals surface area contributed by atoms with Gasteiger partial charge in [-0.25, -0.2) is 14.6 Å². The molecule has 0 fully saturated rings. The maximum Gasteiger partial charge on any atom is 0.407 e. The average Bonchev–Trinajstić information content (AvgIpc) is 3.42. The maximum atomic E-state index is 12.5. The summed E-state index contributed by atoms with van der Waals surface area (Å²) in [5, 5.41) is 8.48. The highest BCUT2D eigenvalue weighted by molar-refractivity contribution is 6.00. The Morgan fingerprint density at radius 1 is 1.05 bits per heavy atom. The van der Waals surface area contributed by atoms with E-state index in [1.54, 1.807) is 12.3 Å². The number of nitrogens with one attached hydrogen (secondary N) is 3. The van der Waals surface area contributed by atoms with Crippen molar-refractivity contribution in [1.82, 2.24) is 15.2 Å². The van der Waals surface area contributed by atoms with Gasteiger partial charge in [-0.3, -0.25) is 0 Å². The first-order chi connectivity index (χ1) is 17.9. The predicted octanol–water partition coefficient (Wildman–Crippen LogP) is 6.03. The fourth-order valence-corrected chi connectivity index (χ4v) is 4.00. The van der Waals surface area contributed by atoms with Crippen LogP contribution in [-0.2, 0) is 11.3 Å². The summed E-state index contributed by atoms with van der Waals surface area (Å²) < 4.78 is 10.9. The van der Waals surface area contributed by atoms with Crippen LogP contribution in [0.3, 0.4) is 0 Å². The van der Waals surface area contributed by atoms with Crippen LogP contribution in [0.15, 0.2) is 59.5 Å². The molecule has 3 aromatic rings. The van der Waals surface area contributed by atoms with Crippen LogP contribution in [0.4, 0.5) is 21.0 Å². The molecule has 3 rings (SSSR count). The van der Waals surface area contributed by atoms with E-state index in [4.69, 9.17) is 9.15 Å². The van der Waals surface area contributed by atoms with Gasteiger partial charge in [0, 0.05) is 30.0 Å². The zero-order valence-corrected chi connectivity index (χ0v) is 22.0. The summed E-state index contributed by atoms with van der Waals surface area (Å²) in [5.74, 6) is 0.674. The first-order valence-electron chi connectivity index (χ1n) is 12.7. The fourth-order valence-electron chi connectivity index (χ4n) is 4.00. The predicted molar refractivity (Wildman–Crippen MR) is 146 cm³/mol. The van der Waals surface area contributed by atoms with Crippen LogP contribution in [0.5, 0.6) is 0 Å². The summed E-state index contributed by atoms with van der Waals surface area (Å²) in [6, 6.07) is 12.5. The van der Waals surface area contributed by atoms with Crippen LogP contribution in [0.25, 0.3) is 11.3 Å². The number of nitrogens with zero attached hydrogens (tertiary/aromatic N) is 2.